The van der Waals surface area contributed by atoms with Crippen molar-refractivity contribution < 1.29 is 41.7 Å². The van der Waals surface area contributed by atoms with Crippen LogP contribution in [0.1, 0.15) is 39.0 Å². The molecule has 0 saturated heterocycles. The van der Waals surface area contributed by atoms with Crippen LogP contribution in [-0.4, -0.2) is 39.1 Å². The fraction of sp³-hybridized carbons (Fsp3) is 1.00. The molecule has 0 saturated carbocycles. The molecule has 3 nitrogen and oxygen atoms in total. The molecule has 0 unspecified atom stereocenters. The summed E-state index contributed by atoms with van der Waals surface area (Å²) in [4.78, 5) is 0. The van der Waals surface area contributed by atoms with Gasteiger partial charge in [-0.3, -0.25) is 0 Å². The Kier molecular flexibility index (Phi) is 5.67. The van der Waals surface area contributed by atoms with Gasteiger partial charge in [0, 0.05) is 6.42 Å². The normalized spacial score (nSPS) is 14.8. The summed E-state index contributed by atoms with van der Waals surface area (Å²) in [5.41, 5.74) is 0. The summed E-state index contributed by atoms with van der Waals surface area (Å²) in [7, 11) is 0. The number of aliphatic hydroxyl groups is 3. The first-order chi connectivity index (χ1) is 8.31. The van der Waals surface area contributed by atoms with Crippen molar-refractivity contribution >= 4 is 0 Å². The zero-order chi connectivity index (χ0) is 15.5. The van der Waals surface area contributed by atoms with Gasteiger partial charge in [-0.1, -0.05) is 26.2 Å². The Hall–Kier alpha value is -0.540. The van der Waals surface area contributed by atoms with E-state index >= 15 is 0 Å². The zero-order valence-corrected chi connectivity index (χ0v) is 10.1. The van der Waals surface area contributed by atoms with Crippen LogP contribution in [0.5, 0.6) is 0 Å². The van der Waals surface area contributed by atoms with Crippen LogP contribution in [0.4, 0.5) is 26.3 Å². The molecular formula is C10H16F6O3. The van der Waals surface area contributed by atoms with Gasteiger partial charge in [-0.15, -0.1) is 0 Å². The lowest BCUT2D eigenvalue weighted by Gasteiger charge is -2.36. The van der Waals surface area contributed by atoms with Crippen LogP contribution < -0.4 is 0 Å². The highest BCUT2D eigenvalue weighted by Gasteiger charge is 2.78. The highest BCUT2D eigenvalue weighted by molar-refractivity contribution is 4.99. The van der Waals surface area contributed by atoms with E-state index in [1.165, 1.54) is 0 Å². The summed E-state index contributed by atoms with van der Waals surface area (Å²) in [5.74, 6) is -22.6. The smallest absolute Gasteiger partial charge is 0.339 e. The molecule has 0 rings (SSSR count). The fourth-order valence-electron chi connectivity index (χ4n) is 1.37. The van der Waals surface area contributed by atoms with Gasteiger partial charge in [0.15, 0.2) is 0 Å². The lowest BCUT2D eigenvalue weighted by atomic mass is 9.97. The summed E-state index contributed by atoms with van der Waals surface area (Å²) in [6.07, 6.45) is -0.725. The van der Waals surface area contributed by atoms with E-state index in [0.29, 0.717) is 12.8 Å². The lowest BCUT2D eigenvalue weighted by Crippen LogP contribution is -2.65. The second kappa shape index (κ2) is 5.84. The Balaban J connectivity index is 4.96. The highest BCUT2D eigenvalue weighted by Crippen LogP contribution is 2.51. The summed E-state index contributed by atoms with van der Waals surface area (Å²) in [5, 5.41) is 24.3. The number of hydrogen-bond acceptors (Lipinski definition) is 3. The molecule has 0 aliphatic rings. The molecule has 3 N–H and O–H groups in total. The minimum absolute atomic E-state index is 0.149. The Labute approximate surface area is 105 Å². The molecule has 0 amide bonds. The van der Waals surface area contributed by atoms with E-state index in [-0.39, 0.29) is 6.42 Å². The van der Waals surface area contributed by atoms with Crippen LogP contribution in [0.15, 0.2) is 0 Å². The monoisotopic (exact) mass is 298 g/mol. The number of hydrogen-bond donors (Lipinski definition) is 3. The molecule has 0 aromatic rings. The molecule has 0 spiro atoms. The van der Waals surface area contributed by atoms with Crippen molar-refractivity contribution in [3.63, 3.8) is 0 Å². The SMILES string of the molecule is CCCCCCC(F)(F)C(F)(F)C(F)(F)C(O)(O)O. The Morgan fingerprint density at radius 1 is 0.737 bits per heavy atom. The van der Waals surface area contributed by atoms with Gasteiger partial charge in [0.2, 0.25) is 0 Å². The minimum atomic E-state index is -6.10. The summed E-state index contributed by atoms with van der Waals surface area (Å²) >= 11 is 0. The Bertz CT molecular complexity index is 287. The molecule has 0 aliphatic heterocycles. The average molecular weight is 298 g/mol. The summed E-state index contributed by atoms with van der Waals surface area (Å²) in [6.45, 7) is 1.73. The van der Waals surface area contributed by atoms with Crippen LogP contribution >= 0.6 is 0 Å². The van der Waals surface area contributed by atoms with Gasteiger partial charge in [0.05, 0.1) is 0 Å². The molecule has 0 aliphatic carbocycles. The Morgan fingerprint density at radius 3 is 1.58 bits per heavy atom. The number of rotatable bonds is 8. The second-order valence-corrected chi connectivity index (χ2v) is 4.30. The molecule has 0 heterocycles. The first-order valence-corrected chi connectivity index (χ1v) is 5.62. The maximum Gasteiger partial charge on any atom is 0.395 e. The van der Waals surface area contributed by atoms with Crippen LogP contribution in [-0.2, 0) is 0 Å². The zero-order valence-electron chi connectivity index (χ0n) is 10.1. The van der Waals surface area contributed by atoms with E-state index in [2.05, 4.69) is 0 Å². The third kappa shape index (κ3) is 3.73. The van der Waals surface area contributed by atoms with Crippen LogP contribution in [0.2, 0.25) is 0 Å². The third-order valence-electron chi connectivity index (χ3n) is 2.62. The van der Waals surface area contributed by atoms with Crippen molar-refractivity contribution in [1.29, 1.82) is 0 Å². The van der Waals surface area contributed by atoms with E-state index in [9.17, 15) is 26.3 Å². The van der Waals surface area contributed by atoms with Crippen molar-refractivity contribution in [1.82, 2.24) is 0 Å². The van der Waals surface area contributed by atoms with E-state index < -0.39 is 36.6 Å². The maximum absolute atomic E-state index is 13.1. The van der Waals surface area contributed by atoms with Gasteiger partial charge >= 0.3 is 23.7 Å². The van der Waals surface area contributed by atoms with Gasteiger partial charge in [-0.2, -0.15) is 26.3 Å². The van der Waals surface area contributed by atoms with Crippen molar-refractivity contribution in [3.05, 3.63) is 0 Å². The van der Waals surface area contributed by atoms with Crippen molar-refractivity contribution in [2.24, 2.45) is 0 Å². The van der Waals surface area contributed by atoms with Crippen LogP contribution in [0.25, 0.3) is 0 Å². The van der Waals surface area contributed by atoms with E-state index in [0.717, 1.165) is 0 Å². The van der Waals surface area contributed by atoms with Crippen molar-refractivity contribution in [3.8, 4) is 0 Å². The number of halogens is 6. The maximum atomic E-state index is 13.1. The van der Waals surface area contributed by atoms with Crippen molar-refractivity contribution in [2.45, 2.75) is 62.8 Å². The highest BCUT2D eigenvalue weighted by atomic mass is 19.3. The average Bonchev–Trinajstić information content (AvgIpc) is 2.22. The standard InChI is InChI=1S/C10H16F6O3/c1-2-3-4-5-6-7(11,12)8(13,14)9(15,16)10(17,18)19/h17-19H,2-6H2,1H3. The largest absolute Gasteiger partial charge is 0.395 e. The quantitative estimate of drug-likeness (QED) is 0.366. The van der Waals surface area contributed by atoms with Crippen molar-refractivity contribution in [2.75, 3.05) is 0 Å². The predicted molar refractivity (Wildman–Crippen MR) is 53.0 cm³/mol. The molecule has 0 aromatic carbocycles. The van der Waals surface area contributed by atoms with Crippen LogP contribution in [0.3, 0.4) is 0 Å². The molecule has 0 aromatic heterocycles. The van der Waals surface area contributed by atoms with Gasteiger partial charge < -0.3 is 15.3 Å². The second-order valence-electron chi connectivity index (χ2n) is 4.30. The van der Waals surface area contributed by atoms with E-state index in [1.54, 1.807) is 6.92 Å². The third-order valence-corrected chi connectivity index (χ3v) is 2.62. The number of alkyl halides is 6. The predicted octanol–water partition coefficient (Wildman–Crippen LogP) is 2.49. The van der Waals surface area contributed by atoms with Gasteiger partial charge in [-0.05, 0) is 6.42 Å². The van der Waals surface area contributed by atoms with Gasteiger partial charge in [0.1, 0.15) is 0 Å². The fourth-order valence-corrected chi connectivity index (χ4v) is 1.37. The minimum Gasteiger partial charge on any atom is -0.339 e. The van der Waals surface area contributed by atoms with Gasteiger partial charge in [-0.25, -0.2) is 0 Å². The Morgan fingerprint density at radius 2 is 1.21 bits per heavy atom. The molecule has 0 atom stereocenters. The summed E-state index contributed by atoms with van der Waals surface area (Å²) in [6, 6.07) is 0. The molecule has 9 heteroatoms. The molecule has 0 fully saturated rings. The molecule has 19 heavy (non-hydrogen) atoms. The van der Waals surface area contributed by atoms with Crippen LogP contribution in [0, 0.1) is 0 Å². The van der Waals surface area contributed by atoms with E-state index in [4.69, 9.17) is 15.3 Å². The van der Waals surface area contributed by atoms with E-state index in [1.807, 2.05) is 0 Å². The number of unbranched alkanes of at least 4 members (excludes halogenated alkanes) is 3. The molecule has 116 valence electrons. The molecular weight excluding hydrogens is 282 g/mol. The summed E-state index contributed by atoms with van der Waals surface area (Å²) < 4.78 is 77.8. The molecule has 0 radical (unpaired) electrons. The lowest BCUT2D eigenvalue weighted by molar-refractivity contribution is -0.465. The topological polar surface area (TPSA) is 60.7 Å². The first kappa shape index (κ1) is 18.5. The van der Waals surface area contributed by atoms with Gasteiger partial charge in [0.25, 0.3) is 0 Å². The molecule has 0 bridgehead atoms. The first-order valence-electron chi connectivity index (χ1n) is 5.62.